The molecule has 3 aromatic rings. The fourth-order valence-electron chi connectivity index (χ4n) is 1.92. The van der Waals surface area contributed by atoms with Crippen LogP contribution in [-0.4, -0.2) is 26.5 Å². The van der Waals surface area contributed by atoms with Crippen LogP contribution in [0.4, 0.5) is 0 Å². The van der Waals surface area contributed by atoms with Gasteiger partial charge in [-0.1, -0.05) is 0 Å². The maximum absolute atomic E-state index is 5.37. The smallest absolute Gasteiger partial charge is 0.215 e. The number of pyridine rings is 2. The second-order valence-corrected chi connectivity index (χ2v) is 4.29. The second kappa shape index (κ2) is 4.68. The summed E-state index contributed by atoms with van der Waals surface area (Å²) in [7, 11) is 0. The fraction of sp³-hybridized carbons (Fsp3) is 0.214. The van der Waals surface area contributed by atoms with E-state index < -0.39 is 0 Å². The van der Waals surface area contributed by atoms with Crippen LogP contribution in [0.3, 0.4) is 0 Å². The van der Waals surface area contributed by atoms with Crippen molar-refractivity contribution in [2.24, 2.45) is 0 Å². The molecule has 0 amide bonds. The molecule has 0 aliphatic heterocycles. The Balaban J connectivity index is 2.06. The molecule has 0 aliphatic carbocycles. The van der Waals surface area contributed by atoms with Gasteiger partial charge in [-0.05, 0) is 31.5 Å². The van der Waals surface area contributed by atoms with Gasteiger partial charge in [0.2, 0.25) is 5.88 Å². The molecule has 0 aliphatic rings. The highest BCUT2D eigenvalue weighted by molar-refractivity contribution is 5.76. The van der Waals surface area contributed by atoms with E-state index in [1.807, 2.05) is 38.2 Å². The van der Waals surface area contributed by atoms with Gasteiger partial charge in [0.1, 0.15) is 5.82 Å². The van der Waals surface area contributed by atoms with Gasteiger partial charge >= 0.3 is 0 Å². The number of aromatic amines is 1. The van der Waals surface area contributed by atoms with Crippen molar-refractivity contribution in [3.8, 4) is 17.3 Å². The SMILES string of the molecule is CCOc1ccc2[nH]c(-c3cncc(C)c3)nc2n1. The van der Waals surface area contributed by atoms with E-state index in [-0.39, 0.29) is 0 Å². The predicted octanol–water partition coefficient (Wildman–Crippen LogP) is 2.73. The number of fused-ring (bicyclic) bond motifs is 1. The summed E-state index contributed by atoms with van der Waals surface area (Å²) in [5.41, 5.74) is 3.60. The van der Waals surface area contributed by atoms with Gasteiger partial charge in [-0.2, -0.15) is 4.98 Å². The van der Waals surface area contributed by atoms with Crippen molar-refractivity contribution in [3.63, 3.8) is 0 Å². The van der Waals surface area contributed by atoms with E-state index >= 15 is 0 Å². The Bertz CT molecular complexity index is 720. The summed E-state index contributed by atoms with van der Waals surface area (Å²) >= 11 is 0. The number of hydrogen-bond donors (Lipinski definition) is 1. The van der Waals surface area contributed by atoms with Gasteiger partial charge in [-0.25, -0.2) is 4.98 Å². The normalized spacial score (nSPS) is 10.8. The van der Waals surface area contributed by atoms with Gasteiger partial charge in [0.25, 0.3) is 0 Å². The highest BCUT2D eigenvalue weighted by Gasteiger charge is 2.08. The van der Waals surface area contributed by atoms with Crippen LogP contribution in [0.5, 0.6) is 5.88 Å². The highest BCUT2D eigenvalue weighted by atomic mass is 16.5. The van der Waals surface area contributed by atoms with Crippen molar-refractivity contribution in [3.05, 3.63) is 36.2 Å². The Morgan fingerprint density at radius 2 is 2.11 bits per heavy atom. The quantitative estimate of drug-likeness (QED) is 0.780. The molecule has 0 radical (unpaired) electrons. The molecular weight excluding hydrogens is 240 g/mol. The minimum absolute atomic E-state index is 0.593. The summed E-state index contributed by atoms with van der Waals surface area (Å²) in [6.45, 7) is 4.53. The average Bonchev–Trinajstić information content (AvgIpc) is 2.82. The Morgan fingerprint density at radius 1 is 1.21 bits per heavy atom. The van der Waals surface area contributed by atoms with Gasteiger partial charge in [0.15, 0.2) is 5.65 Å². The lowest BCUT2D eigenvalue weighted by molar-refractivity contribution is 0.328. The molecule has 0 saturated carbocycles. The third-order valence-electron chi connectivity index (χ3n) is 2.76. The topological polar surface area (TPSA) is 63.7 Å². The molecular formula is C14H14N4O. The van der Waals surface area contributed by atoms with Gasteiger partial charge < -0.3 is 9.72 Å². The molecule has 5 nitrogen and oxygen atoms in total. The monoisotopic (exact) mass is 254 g/mol. The first-order valence-corrected chi connectivity index (χ1v) is 6.18. The summed E-state index contributed by atoms with van der Waals surface area (Å²) in [6, 6.07) is 5.80. The van der Waals surface area contributed by atoms with Crippen LogP contribution < -0.4 is 4.74 Å². The van der Waals surface area contributed by atoms with E-state index in [1.54, 1.807) is 6.20 Å². The maximum atomic E-state index is 5.37. The summed E-state index contributed by atoms with van der Waals surface area (Å²) in [5, 5.41) is 0. The Kier molecular flexibility index (Phi) is 2.87. The predicted molar refractivity (Wildman–Crippen MR) is 73.0 cm³/mol. The van der Waals surface area contributed by atoms with E-state index in [0.29, 0.717) is 18.1 Å². The first kappa shape index (κ1) is 11.6. The van der Waals surface area contributed by atoms with Crippen molar-refractivity contribution in [1.29, 1.82) is 0 Å². The molecule has 3 heterocycles. The molecule has 0 spiro atoms. The number of nitrogens with zero attached hydrogens (tertiary/aromatic N) is 3. The standard InChI is InChI=1S/C14H14N4O/c1-3-19-12-5-4-11-14(17-12)18-13(16-11)10-6-9(2)7-15-8-10/h4-8H,3H2,1-2H3,(H,16,17,18). The lowest BCUT2D eigenvalue weighted by Gasteiger charge is -1.99. The van der Waals surface area contributed by atoms with Gasteiger partial charge in [0, 0.05) is 24.0 Å². The van der Waals surface area contributed by atoms with Crippen LogP contribution in [0, 0.1) is 6.92 Å². The van der Waals surface area contributed by atoms with Gasteiger partial charge in [0.05, 0.1) is 12.1 Å². The van der Waals surface area contributed by atoms with Crippen LogP contribution in [0.1, 0.15) is 12.5 Å². The Hall–Kier alpha value is -2.43. The van der Waals surface area contributed by atoms with Crippen LogP contribution in [0.25, 0.3) is 22.6 Å². The van der Waals surface area contributed by atoms with E-state index in [4.69, 9.17) is 4.74 Å². The van der Waals surface area contributed by atoms with Crippen LogP contribution in [-0.2, 0) is 0 Å². The third kappa shape index (κ3) is 2.27. The number of aromatic nitrogens is 4. The van der Waals surface area contributed by atoms with Crippen molar-refractivity contribution in [2.75, 3.05) is 6.61 Å². The largest absolute Gasteiger partial charge is 0.478 e. The van der Waals surface area contributed by atoms with Crippen molar-refractivity contribution < 1.29 is 4.74 Å². The molecule has 3 rings (SSSR count). The summed E-state index contributed by atoms with van der Waals surface area (Å²) in [5.74, 6) is 1.36. The number of aryl methyl sites for hydroxylation is 1. The average molecular weight is 254 g/mol. The summed E-state index contributed by atoms with van der Waals surface area (Å²) in [6.07, 6.45) is 3.60. The zero-order valence-corrected chi connectivity index (χ0v) is 10.8. The van der Waals surface area contributed by atoms with Gasteiger partial charge in [-0.15, -0.1) is 0 Å². The van der Waals surface area contributed by atoms with Crippen LogP contribution in [0.15, 0.2) is 30.6 Å². The van der Waals surface area contributed by atoms with E-state index in [1.165, 1.54) is 0 Å². The molecule has 19 heavy (non-hydrogen) atoms. The molecule has 96 valence electrons. The Morgan fingerprint density at radius 3 is 2.89 bits per heavy atom. The summed E-state index contributed by atoms with van der Waals surface area (Å²) < 4.78 is 5.37. The number of imidazole rings is 1. The minimum Gasteiger partial charge on any atom is -0.478 e. The minimum atomic E-state index is 0.593. The molecule has 0 atom stereocenters. The van der Waals surface area contributed by atoms with E-state index in [9.17, 15) is 0 Å². The maximum Gasteiger partial charge on any atom is 0.215 e. The van der Waals surface area contributed by atoms with Crippen LogP contribution >= 0.6 is 0 Å². The zero-order valence-electron chi connectivity index (χ0n) is 10.8. The number of nitrogens with one attached hydrogen (secondary N) is 1. The molecule has 0 saturated heterocycles. The van der Waals surface area contributed by atoms with Gasteiger partial charge in [-0.3, -0.25) is 4.98 Å². The van der Waals surface area contributed by atoms with Crippen molar-refractivity contribution in [1.82, 2.24) is 19.9 Å². The molecule has 5 heteroatoms. The van der Waals surface area contributed by atoms with E-state index in [0.717, 1.165) is 22.5 Å². The Labute approximate surface area is 110 Å². The lowest BCUT2D eigenvalue weighted by atomic mass is 10.2. The van der Waals surface area contributed by atoms with E-state index in [2.05, 4.69) is 19.9 Å². The zero-order chi connectivity index (χ0) is 13.2. The third-order valence-corrected chi connectivity index (χ3v) is 2.76. The molecule has 0 aromatic carbocycles. The molecule has 1 N–H and O–H groups in total. The number of rotatable bonds is 3. The van der Waals surface area contributed by atoms with Crippen molar-refractivity contribution in [2.45, 2.75) is 13.8 Å². The first-order chi connectivity index (χ1) is 9.26. The van der Waals surface area contributed by atoms with Crippen molar-refractivity contribution >= 4 is 11.2 Å². The first-order valence-electron chi connectivity index (χ1n) is 6.18. The summed E-state index contributed by atoms with van der Waals surface area (Å²) in [4.78, 5) is 16.2. The number of H-pyrrole nitrogens is 1. The molecule has 0 unspecified atom stereocenters. The highest BCUT2D eigenvalue weighted by Crippen LogP contribution is 2.21. The second-order valence-electron chi connectivity index (χ2n) is 4.29. The number of ether oxygens (including phenoxy) is 1. The molecule has 0 bridgehead atoms. The lowest BCUT2D eigenvalue weighted by Crippen LogP contribution is -1.93. The molecule has 0 fully saturated rings. The number of hydrogen-bond acceptors (Lipinski definition) is 4. The molecule has 3 aromatic heterocycles. The van der Waals surface area contributed by atoms with Crippen LogP contribution in [0.2, 0.25) is 0 Å². The fourth-order valence-corrected chi connectivity index (χ4v) is 1.92.